The van der Waals surface area contributed by atoms with Gasteiger partial charge >= 0.3 is 5.97 Å². The minimum atomic E-state index is -0.328. The number of likely N-dealkylation sites (N-methyl/N-ethyl adjacent to an activating group) is 1. The molecule has 0 N–H and O–H groups in total. The van der Waals surface area contributed by atoms with E-state index in [1.165, 1.54) is 12.1 Å². The summed E-state index contributed by atoms with van der Waals surface area (Å²) in [5.74, 6) is -0.0629. The van der Waals surface area contributed by atoms with E-state index in [0.717, 1.165) is 5.69 Å². The van der Waals surface area contributed by atoms with Crippen LogP contribution in [0.25, 0.3) is 0 Å². The number of carbonyl (C=O) groups is 1. The van der Waals surface area contributed by atoms with Gasteiger partial charge in [-0.15, -0.1) is 0 Å². The molecular weight excluding hydrogens is 237 g/mol. The molecule has 0 amide bonds. The van der Waals surface area contributed by atoms with Crippen LogP contribution in [0.2, 0.25) is 0 Å². The molecule has 2 rings (SSSR count). The van der Waals surface area contributed by atoms with Gasteiger partial charge in [0.25, 0.3) is 0 Å². The highest BCUT2D eigenvalue weighted by Gasteiger charge is 2.27. The second-order valence-electron chi connectivity index (χ2n) is 4.20. The van der Waals surface area contributed by atoms with Gasteiger partial charge in [0.15, 0.2) is 0 Å². The lowest BCUT2D eigenvalue weighted by Gasteiger charge is -2.35. The maximum absolute atomic E-state index is 13.1. The van der Waals surface area contributed by atoms with Gasteiger partial charge in [-0.05, 0) is 19.1 Å². The predicted octanol–water partition coefficient (Wildman–Crippen LogP) is 1.98. The molecule has 4 nitrogen and oxygen atoms in total. The van der Waals surface area contributed by atoms with Crippen LogP contribution in [-0.4, -0.2) is 32.3 Å². The van der Waals surface area contributed by atoms with Crippen LogP contribution in [0.3, 0.4) is 0 Å². The number of esters is 1. The van der Waals surface area contributed by atoms with Gasteiger partial charge in [0.1, 0.15) is 18.2 Å². The Morgan fingerprint density at radius 3 is 3.11 bits per heavy atom. The molecule has 1 aliphatic rings. The molecule has 0 radical (unpaired) electrons. The summed E-state index contributed by atoms with van der Waals surface area (Å²) in [6.07, 6.45) is 0.265. The topological polar surface area (TPSA) is 38.8 Å². The van der Waals surface area contributed by atoms with Crippen LogP contribution in [0.1, 0.15) is 13.3 Å². The quantitative estimate of drug-likeness (QED) is 0.772. The standard InChI is InChI=1S/C13H16FNO3/c1-3-17-13(16)7-10-8-18-12-6-9(14)4-5-11(12)15(10)2/h4-6,10H,3,7-8H2,1-2H3/t10-/m0/s1. The number of ether oxygens (including phenoxy) is 2. The van der Waals surface area contributed by atoms with E-state index in [2.05, 4.69) is 0 Å². The minimum absolute atomic E-state index is 0.0815. The number of hydrogen-bond acceptors (Lipinski definition) is 4. The molecule has 0 saturated heterocycles. The molecule has 98 valence electrons. The molecule has 1 heterocycles. The highest BCUT2D eigenvalue weighted by atomic mass is 19.1. The fraction of sp³-hybridized carbons (Fsp3) is 0.462. The van der Waals surface area contributed by atoms with Gasteiger partial charge < -0.3 is 14.4 Å². The maximum atomic E-state index is 13.1. The average molecular weight is 253 g/mol. The van der Waals surface area contributed by atoms with E-state index in [9.17, 15) is 9.18 Å². The minimum Gasteiger partial charge on any atom is -0.489 e. The van der Waals surface area contributed by atoms with Crippen LogP contribution in [0.4, 0.5) is 10.1 Å². The zero-order valence-corrected chi connectivity index (χ0v) is 10.5. The Labute approximate surface area is 105 Å². The Kier molecular flexibility index (Phi) is 3.69. The maximum Gasteiger partial charge on any atom is 0.307 e. The monoisotopic (exact) mass is 253 g/mol. The van der Waals surface area contributed by atoms with Crippen molar-refractivity contribution < 1.29 is 18.7 Å². The van der Waals surface area contributed by atoms with Crippen molar-refractivity contribution in [2.45, 2.75) is 19.4 Å². The molecule has 5 heteroatoms. The summed E-state index contributed by atoms with van der Waals surface area (Å²) in [5, 5.41) is 0. The number of anilines is 1. The van der Waals surface area contributed by atoms with Gasteiger partial charge in [0.2, 0.25) is 0 Å². The third kappa shape index (κ3) is 2.55. The lowest BCUT2D eigenvalue weighted by Crippen LogP contribution is -2.42. The second-order valence-corrected chi connectivity index (χ2v) is 4.20. The Balaban J connectivity index is 2.10. The molecule has 1 aliphatic heterocycles. The summed E-state index contributed by atoms with van der Waals surface area (Å²) in [5.41, 5.74) is 0.789. The third-order valence-corrected chi connectivity index (χ3v) is 2.99. The summed E-state index contributed by atoms with van der Waals surface area (Å²) in [6.45, 7) is 2.50. The number of halogens is 1. The molecule has 18 heavy (non-hydrogen) atoms. The van der Waals surface area contributed by atoms with Crippen molar-refractivity contribution in [1.29, 1.82) is 0 Å². The van der Waals surface area contributed by atoms with Crippen LogP contribution >= 0.6 is 0 Å². The number of hydrogen-bond donors (Lipinski definition) is 0. The van der Waals surface area contributed by atoms with Crippen molar-refractivity contribution in [3.63, 3.8) is 0 Å². The zero-order chi connectivity index (χ0) is 13.1. The van der Waals surface area contributed by atoms with E-state index in [1.807, 2.05) is 11.9 Å². The average Bonchev–Trinajstić information content (AvgIpc) is 2.33. The fourth-order valence-corrected chi connectivity index (χ4v) is 2.00. The van der Waals surface area contributed by atoms with Crippen LogP contribution < -0.4 is 9.64 Å². The Hall–Kier alpha value is -1.78. The van der Waals surface area contributed by atoms with E-state index in [-0.39, 0.29) is 24.2 Å². The van der Waals surface area contributed by atoms with Crippen molar-refractivity contribution in [1.82, 2.24) is 0 Å². The molecule has 0 spiro atoms. The normalized spacial score (nSPS) is 17.9. The molecule has 0 aromatic heterocycles. The summed E-state index contributed by atoms with van der Waals surface area (Å²) in [6, 6.07) is 4.31. The number of benzene rings is 1. The fourth-order valence-electron chi connectivity index (χ4n) is 2.00. The summed E-state index contributed by atoms with van der Waals surface area (Å²) >= 11 is 0. The largest absolute Gasteiger partial charge is 0.489 e. The molecule has 0 unspecified atom stereocenters. The van der Waals surface area contributed by atoms with Gasteiger partial charge in [0.05, 0.1) is 24.8 Å². The summed E-state index contributed by atoms with van der Waals surface area (Å²) in [4.78, 5) is 13.4. The zero-order valence-electron chi connectivity index (χ0n) is 10.5. The molecule has 1 aromatic carbocycles. The number of rotatable bonds is 3. The van der Waals surface area contributed by atoms with Gasteiger partial charge in [-0.25, -0.2) is 4.39 Å². The molecule has 0 aliphatic carbocycles. The van der Waals surface area contributed by atoms with E-state index in [4.69, 9.17) is 9.47 Å². The van der Waals surface area contributed by atoms with Crippen molar-refractivity contribution in [3.8, 4) is 5.75 Å². The van der Waals surface area contributed by atoms with Crippen molar-refractivity contribution >= 4 is 11.7 Å². The van der Waals surface area contributed by atoms with Crippen LogP contribution in [0.15, 0.2) is 18.2 Å². The van der Waals surface area contributed by atoms with E-state index in [1.54, 1.807) is 13.0 Å². The second kappa shape index (κ2) is 5.25. The van der Waals surface area contributed by atoms with E-state index in [0.29, 0.717) is 19.0 Å². The lowest BCUT2D eigenvalue weighted by atomic mass is 10.1. The number of fused-ring (bicyclic) bond motifs is 1. The first-order valence-electron chi connectivity index (χ1n) is 5.92. The molecule has 0 fully saturated rings. The molecule has 0 bridgehead atoms. The molecule has 1 aromatic rings. The third-order valence-electron chi connectivity index (χ3n) is 2.99. The Morgan fingerprint density at radius 2 is 2.39 bits per heavy atom. The molecule has 1 atom stereocenters. The van der Waals surface area contributed by atoms with Gasteiger partial charge in [0, 0.05) is 13.1 Å². The van der Waals surface area contributed by atoms with Crippen molar-refractivity contribution in [3.05, 3.63) is 24.0 Å². The lowest BCUT2D eigenvalue weighted by molar-refractivity contribution is -0.143. The molecule has 0 saturated carbocycles. The van der Waals surface area contributed by atoms with Crippen molar-refractivity contribution in [2.75, 3.05) is 25.2 Å². The summed E-state index contributed by atoms with van der Waals surface area (Å²) < 4.78 is 23.5. The van der Waals surface area contributed by atoms with Gasteiger partial charge in [-0.1, -0.05) is 0 Å². The highest BCUT2D eigenvalue weighted by molar-refractivity contribution is 5.72. The first-order valence-corrected chi connectivity index (χ1v) is 5.92. The highest BCUT2D eigenvalue weighted by Crippen LogP contribution is 2.34. The van der Waals surface area contributed by atoms with E-state index >= 15 is 0 Å². The van der Waals surface area contributed by atoms with Crippen LogP contribution in [0, 0.1) is 5.82 Å². The van der Waals surface area contributed by atoms with Gasteiger partial charge in [-0.2, -0.15) is 0 Å². The first kappa shape index (κ1) is 12.7. The molecular formula is C13H16FNO3. The first-order chi connectivity index (χ1) is 8.61. The SMILES string of the molecule is CCOC(=O)C[C@H]1COc2cc(F)ccc2N1C. The number of nitrogens with zero attached hydrogens (tertiary/aromatic N) is 1. The smallest absolute Gasteiger partial charge is 0.307 e. The van der Waals surface area contributed by atoms with Gasteiger partial charge in [-0.3, -0.25) is 4.79 Å². The van der Waals surface area contributed by atoms with Crippen molar-refractivity contribution in [2.24, 2.45) is 0 Å². The Bertz CT molecular complexity index is 450. The predicted molar refractivity (Wildman–Crippen MR) is 65.3 cm³/mol. The Morgan fingerprint density at radius 1 is 1.61 bits per heavy atom. The van der Waals surface area contributed by atoms with Crippen LogP contribution in [-0.2, 0) is 9.53 Å². The van der Waals surface area contributed by atoms with E-state index < -0.39 is 0 Å². The number of carbonyl (C=O) groups excluding carboxylic acids is 1. The van der Waals surface area contributed by atoms with Crippen LogP contribution in [0.5, 0.6) is 5.75 Å². The summed E-state index contributed by atoms with van der Waals surface area (Å²) in [7, 11) is 1.86.